The van der Waals surface area contributed by atoms with Gasteiger partial charge in [-0.05, 0) is 43.5 Å². The Bertz CT molecular complexity index is 351. The van der Waals surface area contributed by atoms with Crippen molar-refractivity contribution in [1.82, 2.24) is 5.32 Å². The van der Waals surface area contributed by atoms with E-state index in [0.29, 0.717) is 6.04 Å². The molecule has 19 heavy (non-hydrogen) atoms. The summed E-state index contributed by atoms with van der Waals surface area (Å²) in [6.45, 7) is 7.53. The second kappa shape index (κ2) is 8.03. The summed E-state index contributed by atoms with van der Waals surface area (Å²) >= 11 is 3.48. The number of likely N-dealkylation sites (N-methyl/N-ethyl adjacent to an activating group) is 1. The second-order valence-corrected chi connectivity index (χ2v) is 5.83. The number of hydrogen-bond acceptors (Lipinski definition) is 2. The normalized spacial score (nSPS) is 13.5. The molecule has 0 spiro atoms. The highest BCUT2D eigenvalue weighted by Crippen LogP contribution is 2.27. The molecule has 1 N–H and O–H groups in total. The molecular formula is C16H26BrNO. The lowest BCUT2D eigenvalue weighted by atomic mass is 9.84. The molecule has 0 saturated heterocycles. The lowest BCUT2D eigenvalue weighted by Crippen LogP contribution is -2.52. The number of hydrogen-bond donors (Lipinski definition) is 1. The van der Waals surface area contributed by atoms with Gasteiger partial charge in [0, 0.05) is 17.6 Å². The van der Waals surface area contributed by atoms with Crippen LogP contribution < -0.4 is 5.32 Å². The molecule has 3 heteroatoms. The summed E-state index contributed by atoms with van der Waals surface area (Å²) < 4.78 is 7.00. The molecule has 1 aromatic rings. The molecule has 0 aliphatic carbocycles. The van der Waals surface area contributed by atoms with Gasteiger partial charge in [0.2, 0.25) is 0 Å². The molecule has 0 aliphatic rings. The van der Waals surface area contributed by atoms with Crippen molar-refractivity contribution >= 4 is 15.9 Å². The van der Waals surface area contributed by atoms with Gasteiger partial charge in [-0.3, -0.25) is 0 Å². The van der Waals surface area contributed by atoms with Crippen molar-refractivity contribution in [3.63, 3.8) is 0 Å². The SMILES string of the molecule is CCNC(Cc1ccc(Br)cc1)C(CC)(CC)OC. The first-order chi connectivity index (χ1) is 9.11. The molecule has 1 aromatic carbocycles. The predicted octanol–water partition coefficient (Wildman–Crippen LogP) is 4.17. The quantitative estimate of drug-likeness (QED) is 0.773. The van der Waals surface area contributed by atoms with E-state index in [-0.39, 0.29) is 5.60 Å². The first-order valence-electron chi connectivity index (χ1n) is 7.14. The minimum absolute atomic E-state index is 0.0803. The minimum Gasteiger partial charge on any atom is -0.377 e. The van der Waals surface area contributed by atoms with Gasteiger partial charge in [0.1, 0.15) is 0 Å². The van der Waals surface area contributed by atoms with Crippen LogP contribution in [0.25, 0.3) is 0 Å². The smallest absolute Gasteiger partial charge is 0.0828 e. The van der Waals surface area contributed by atoms with E-state index < -0.39 is 0 Å². The van der Waals surface area contributed by atoms with E-state index in [9.17, 15) is 0 Å². The van der Waals surface area contributed by atoms with Crippen LogP contribution in [0.2, 0.25) is 0 Å². The van der Waals surface area contributed by atoms with E-state index in [1.54, 1.807) is 0 Å². The number of nitrogens with one attached hydrogen (secondary N) is 1. The van der Waals surface area contributed by atoms with Crippen molar-refractivity contribution in [2.24, 2.45) is 0 Å². The van der Waals surface area contributed by atoms with Crippen LogP contribution in [0.15, 0.2) is 28.7 Å². The van der Waals surface area contributed by atoms with Crippen LogP contribution in [0.3, 0.4) is 0 Å². The average molecular weight is 328 g/mol. The van der Waals surface area contributed by atoms with Gasteiger partial charge in [0.05, 0.1) is 5.60 Å². The van der Waals surface area contributed by atoms with Crippen LogP contribution in [-0.2, 0) is 11.2 Å². The van der Waals surface area contributed by atoms with Crippen molar-refractivity contribution in [2.45, 2.75) is 51.7 Å². The highest BCUT2D eigenvalue weighted by Gasteiger charge is 2.35. The number of methoxy groups -OCH3 is 1. The van der Waals surface area contributed by atoms with Gasteiger partial charge in [-0.1, -0.05) is 48.8 Å². The summed E-state index contributed by atoms with van der Waals surface area (Å²) in [6.07, 6.45) is 3.04. The van der Waals surface area contributed by atoms with Gasteiger partial charge >= 0.3 is 0 Å². The summed E-state index contributed by atoms with van der Waals surface area (Å²) in [6, 6.07) is 8.91. The van der Waals surface area contributed by atoms with Crippen molar-refractivity contribution in [3.05, 3.63) is 34.3 Å². The second-order valence-electron chi connectivity index (χ2n) is 4.92. The number of rotatable bonds is 8. The van der Waals surface area contributed by atoms with E-state index >= 15 is 0 Å². The topological polar surface area (TPSA) is 21.3 Å². The molecule has 0 saturated carbocycles. The van der Waals surface area contributed by atoms with Gasteiger partial charge < -0.3 is 10.1 Å². The molecule has 1 atom stereocenters. The van der Waals surface area contributed by atoms with Crippen molar-refractivity contribution in [3.8, 4) is 0 Å². The lowest BCUT2D eigenvalue weighted by molar-refractivity contribution is -0.0468. The fourth-order valence-electron chi connectivity index (χ4n) is 2.72. The first kappa shape index (κ1) is 16.7. The van der Waals surface area contributed by atoms with Gasteiger partial charge in [-0.2, -0.15) is 0 Å². The third-order valence-electron chi connectivity index (χ3n) is 4.04. The summed E-state index contributed by atoms with van der Waals surface area (Å²) in [5, 5.41) is 3.60. The van der Waals surface area contributed by atoms with Crippen LogP contribution in [-0.4, -0.2) is 25.3 Å². The maximum Gasteiger partial charge on any atom is 0.0828 e. The molecule has 0 fully saturated rings. The zero-order valence-corrected chi connectivity index (χ0v) is 14.1. The summed E-state index contributed by atoms with van der Waals surface area (Å²) in [5.74, 6) is 0. The first-order valence-corrected chi connectivity index (χ1v) is 7.94. The van der Waals surface area contributed by atoms with Crippen LogP contribution in [0.1, 0.15) is 39.2 Å². The Hall–Kier alpha value is -0.380. The van der Waals surface area contributed by atoms with E-state index in [1.165, 1.54) is 5.56 Å². The van der Waals surface area contributed by atoms with Crippen molar-refractivity contribution in [2.75, 3.05) is 13.7 Å². The Kier molecular flexibility index (Phi) is 7.05. The van der Waals surface area contributed by atoms with E-state index in [2.05, 4.69) is 66.3 Å². The molecule has 2 nitrogen and oxygen atoms in total. The van der Waals surface area contributed by atoms with E-state index in [4.69, 9.17) is 4.74 Å². The fraction of sp³-hybridized carbons (Fsp3) is 0.625. The molecule has 0 bridgehead atoms. The fourth-order valence-corrected chi connectivity index (χ4v) is 2.98. The third-order valence-corrected chi connectivity index (χ3v) is 4.57. The predicted molar refractivity (Wildman–Crippen MR) is 85.6 cm³/mol. The van der Waals surface area contributed by atoms with Gasteiger partial charge in [-0.25, -0.2) is 0 Å². The molecule has 0 radical (unpaired) electrons. The van der Waals surface area contributed by atoms with Gasteiger partial charge in [-0.15, -0.1) is 0 Å². The summed E-state index contributed by atoms with van der Waals surface area (Å²) in [4.78, 5) is 0. The van der Waals surface area contributed by atoms with E-state index in [0.717, 1.165) is 30.3 Å². The largest absolute Gasteiger partial charge is 0.377 e. The Balaban J connectivity index is 2.90. The van der Waals surface area contributed by atoms with Crippen LogP contribution in [0, 0.1) is 0 Å². The molecule has 0 aromatic heterocycles. The van der Waals surface area contributed by atoms with Crippen LogP contribution in [0.4, 0.5) is 0 Å². The Morgan fingerprint density at radius 3 is 2.16 bits per heavy atom. The van der Waals surface area contributed by atoms with Gasteiger partial charge in [0.15, 0.2) is 0 Å². The molecular weight excluding hydrogens is 302 g/mol. The maximum atomic E-state index is 5.88. The maximum absolute atomic E-state index is 5.88. The molecule has 0 aliphatic heterocycles. The zero-order chi connectivity index (χ0) is 14.3. The molecule has 0 heterocycles. The highest BCUT2D eigenvalue weighted by molar-refractivity contribution is 9.10. The summed E-state index contributed by atoms with van der Waals surface area (Å²) in [5.41, 5.74) is 1.26. The van der Waals surface area contributed by atoms with E-state index in [1.807, 2.05) is 7.11 Å². The van der Waals surface area contributed by atoms with Crippen molar-refractivity contribution in [1.29, 1.82) is 0 Å². The highest BCUT2D eigenvalue weighted by atomic mass is 79.9. The number of benzene rings is 1. The molecule has 108 valence electrons. The molecule has 0 amide bonds. The van der Waals surface area contributed by atoms with Gasteiger partial charge in [0.25, 0.3) is 0 Å². The van der Waals surface area contributed by atoms with Crippen LogP contribution in [0.5, 0.6) is 0 Å². The minimum atomic E-state index is -0.0803. The average Bonchev–Trinajstić information content (AvgIpc) is 2.44. The number of ether oxygens (including phenoxy) is 1. The Labute approximate surface area is 126 Å². The lowest BCUT2D eigenvalue weighted by Gasteiger charge is -2.39. The molecule has 1 unspecified atom stereocenters. The third kappa shape index (κ3) is 4.30. The monoisotopic (exact) mass is 327 g/mol. The van der Waals surface area contributed by atoms with Crippen LogP contribution >= 0.6 is 15.9 Å². The Morgan fingerprint density at radius 1 is 1.16 bits per heavy atom. The summed E-state index contributed by atoms with van der Waals surface area (Å²) in [7, 11) is 1.83. The van der Waals surface area contributed by atoms with Crippen molar-refractivity contribution < 1.29 is 4.74 Å². The number of halogens is 1. The molecule has 1 rings (SSSR count). The standard InChI is InChI=1S/C16H26BrNO/c1-5-16(6-2,19-4)15(18-7-3)12-13-8-10-14(17)11-9-13/h8-11,15,18H,5-7,12H2,1-4H3. The Morgan fingerprint density at radius 2 is 1.74 bits per heavy atom. The zero-order valence-electron chi connectivity index (χ0n) is 12.5.